The third kappa shape index (κ3) is 2.91. The second-order valence-electron chi connectivity index (χ2n) is 7.44. The number of nitrogens with one attached hydrogen (secondary N) is 1. The van der Waals surface area contributed by atoms with Crippen molar-refractivity contribution < 1.29 is 9.59 Å². The van der Waals surface area contributed by atoms with Gasteiger partial charge in [0.15, 0.2) is 0 Å². The van der Waals surface area contributed by atoms with Crippen LogP contribution in [0.5, 0.6) is 0 Å². The van der Waals surface area contributed by atoms with Crippen LogP contribution in [-0.2, 0) is 4.79 Å². The SMILES string of the molecule is NC(=O)C1CCN(C(=O)c2ccc3c(c2)[nH]c(=O)n3C2CCCC2)CC1. The van der Waals surface area contributed by atoms with Crippen molar-refractivity contribution in [2.45, 2.75) is 44.6 Å². The van der Waals surface area contributed by atoms with Gasteiger partial charge in [0, 0.05) is 30.6 Å². The Morgan fingerprint density at radius 1 is 1.08 bits per heavy atom. The normalized spacial score (nSPS) is 19.3. The molecule has 2 amide bonds. The largest absolute Gasteiger partial charge is 0.369 e. The molecule has 7 nitrogen and oxygen atoms in total. The van der Waals surface area contributed by atoms with Gasteiger partial charge in [-0.3, -0.25) is 14.2 Å². The minimum absolute atomic E-state index is 0.0655. The van der Waals surface area contributed by atoms with Gasteiger partial charge in [-0.2, -0.15) is 0 Å². The molecule has 1 aromatic carbocycles. The molecule has 0 radical (unpaired) electrons. The van der Waals surface area contributed by atoms with Gasteiger partial charge < -0.3 is 15.6 Å². The first-order valence-corrected chi connectivity index (χ1v) is 9.37. The maximum Gasteiger partial charge on any atom is 0.326 e. The molecule has 2 heterocycles. The predicted molar refractivity (Wildman–Crippen MR) is 97.9 cm³/mol. The molecule has 0 bridgehead atoms. The van der Waals surface area contributed by atoms with Crippen molar-refractivity contribution in [3.63, 3.8) is 0 Å². The molecular formula is C19H24N4O3. The lowest BCUT2D eigenvalue weighted by Crippen LogP contribution is -2.41. The highest BCUT2D eigenvalue weighted by Crippen LogP contribution is 2.31. The Labute approximate surface area is 151 Å². The van der Waals surface area contributed by atoms with Gasteiger partial charge in [0.05, 0.1) is 11.0 Å². The van der Waals surface area contributed by atoms with Gasteiger partial charge in [-0.05, 0) is 43.9 Å². The molecule has 1 aliphatic heterocycles. The number of benzene rings is 1. The molecule has 7 heteroatoms. The number of carbonyl (C=O) groups excluding carboxylic acids is 2. The number of H-pyrrole nitrogens is 1. The van der Waals surface area contributed by atoms with Crippen LogP contribution in [0.25, 0.3) is 11.0 Å². The number of imidazole rings is 1. The summed E-state index contributed by atoms with van der Waals surface area (Å²) in [6.45, 7) is 1.06. The van der Waals surface area contributed by atoms with E-state index < -0.39 is 0 Å². The number of nitrogens with two attached hydrogens (primary N) is 1. The van der Waals surface area contributed by atoms with Crippen LogP contribution in [0.4, 0.5) is 0 Å². The molecule has 4 rings (SSSR count). The van der Waals surface area contributed by atoms with Crippen molar-refractivity contribution >= 4 is 22.8 Å². The lowest BCUT2D eigenvalue weighted by atomic mass is 9.96. The molecule has 2 aromatic rings. The highest BCUT2D eigenvalue weighted by Gasteiger charge is 2.27. The van der Waals surface area contributed by atoms with Crippen LogP contribution >= 0.6 is 0 Å². The summed E-state index contributed by atoms with van der Waals surface area (Å²) in [4.78, 5) is 41.1. The molecule has 1 saturated carbocycles. The lowest BCUT2D eigenvalue weighted by molar-refractivity contribution is -0.123. The zero-order chi connectivity index (χ0) is 18.3. The summed E-state index contributed by atoms with van der Waals surface area (Å²) in [5.41, 5.74) is 7.39. The minimum atomic E-state index is -0.288. The van der Waals surface area contributed by atoms with Crippen molar-refractivity contribution in [3.8, 4) is 0 Å². The molecular weight excluding hydrogens is 332 g/mol. The van der Waals surface area contributed by atoms with Gasteiger partial charge >= 0.3 is 5.69 Å². The zero-order valence-electron chi connectivity index (χ0n) is 14.7. The molecule has 0 atom stereocenters. The number of likely N-dealkylation sites (tertiary alicyclic amines) is 1. The van der Waals surface area contributed by atoms with Crippen LogP contribution in [0, 0.1) is 5.92 Å². The third-order valence-electron chi connectivity index (χ3n) is 5.84. The molecule has 138 valence electrons. The number of carbonyl (C=O) groups is 2. The Balaban J connectivity index is 1.57. The van der Waals surface area contributed by atoms with Gasteiger partial charge in [-0.15, -0.1) is 0 Å². The number of hydrogen-bond donors (Lipinski definition) is 2. The smallest absolute Gasteiger partial charge is 0.326 e. The van der Waals surface area contributed by atoms with E-state index >= 15 is 0 Å². The quantitative estimate of drug-likeness (QED) is 0.876. The highest BCUT2D eigenvalue weighted by molar-refractivity contribution is 5.97. The fraction of sp³-hybridized carbons (Fsp3) is 0.526. The molecule has 0 unspecified atom stereocenters. The van der Waals surface area contributed by atoms with Crippen molar-refractivity contribution in [2.75, 3.05) is 13.1 Å². The standard InChI is InChI=1S/C19H24N4O3/c20-17(24)12-7-9-22(10-8-12)18(25)13-5-6-16-15(11-13)21-19(26)23(16)14-3-1-2-4-14/h5-6,11-12,14H,1-4,7-10H2,(H2,20,24)(H,21,26). The summed E-state index contributed by atoms with van der Waals surface area (Å²) < 4.78 is 1.84. The minimum Gasteiger partial charge on any atom is -0.369 e. The molecule has 26 heavy (non-hydrogen) atoms. The number of amides is 2. The average Bonchev–Trinajstić information content (AvgIpc) is 3.27. The van der Waals surface area contributed by atoms with E-state index in [9.17, 15) is 14.4 Å². The Morgan fingerprint density at radius 3 is 2.42 bits per heavy atom. The topological polar surface area (TPSA) is 101 Å². The van der Waals surface area contributed by atoms with Gasteiger partial charge in [-0.25, -0.2) is 4.79 Å². The van der Waals surface area contributed by atoms with E-state index in [1.54, 1.807) is 17.0 Å². The summed E-state index contributed by atoms with van der Waals surface area (Å²) >= 11 is 0. The summed E-state index contributed by atoms with van der Waals surface area (Å²) in [6, 6.07) is 5.69. The average molecular weight is 356 g/mol. The number of rotatable bonds is 3. The summed E-state index contributed by atoms with van der Waals surface area (Å²) in [5, 5.41) is 0. The first-order chi connectivity index (χ1) is 12.5. The van der Waals surface area contributed by atoms with Crippen LogP contribution in [0.1, 0.15) is 54.9 Å². The fourth-order valence-electron chi connectivity index (χ4n) is 4.34. The van der Waals surface area contributed by atoms with Crippen LogP contribution in [-0.4, -0.2) is 39.4 Å². The van der Waals surface area contributed by atoms with Crippen LogP contribution in [0.2, 0.25) is 0 Å². The van der Waals surface area contributed by atoms with E-state index in [0.29, 0.717) is 37.0 Å². The maximum atomic E-state index is 12.8. The Bertz CT molecular complexity index is 899. The molecule has 1 aromatic heterocycles. The fourth-order valence-corrected chi connectivity index (χ4v) is 4.34. The molecule has 1 aliphatic carbocycles. The molecule has 0 spiro atoms. The van der Waals surface area contributed by atoms with Crippen LogP contribution in [0.15, 0.2) is 23.0 Å². The van der Waals surface area contributed by atoms with Gasteiger partial charge in [-0.1, -0.05) is 12.8 Å². The van der Waals surface area contributed by atoms with E-state index in [2.05, 4.69) is 4.98 Å². The second-order valence-corrected chi connectivity index (χ2v) is 7.44. The van der Waals surface area contributed by atoms with Gasteiger partial charge in [0.25, 0.3) is 5.91 Å². The van der Waals surface area contributed by atoms with Crippen molar-refractivity contribution in [1.29, 1.82) is 0 Å². The number of nitrogens with zero attached hydrogens (tertiary/aromatic N) is 2. The summed E-state index contributed by atoms with van der Waals surface area (Å²) in [5.74, 6) is -0.494. The summed E-state index contributed by atoms with van der Waals surface area (Å²) in [6.07, 6.45) is 5.59. The first-order valence-electron chi connectivity index (χ1n) is 9.37. The van der Waals surface area contributed by atoms with Crippen molar-refractivity contribution in [1.82, 2.24) is 14.5 Å². The number of fused-ring (bicyclic) bond motifs is 1. The molecule has 2 aliphatic rings. The number of piperidine rings is 1. The third-order valence-corrected chi connectivity index (χ3v) is 5.84. The van der Waals surface area contributed by atoms with E-state index in [-0.39, 0.29) is 29.5 Å². The Hall–Kier alpha value is -2.57. The highest BCUT2D eigenvalue weighted by atomic mass is 16.2. The van der Waals surface area contributed by atoms with Crippen molar-refractivity contribution in [3.05, 3.63) is 34.2 Å². The van der Waals surface area contributed by atoms with Crippen LogP contribution in [0.3, 0.4) is 0 Å². The van der Waals surface area contributed by atoms with E-state index in [1.165, 1.54) is 0 Å². The first kappa shape index (κ1) is 16.9. The van der Waals surface area contributed by atoms with Gasteiger partial charge in [0.2, 0.25) is 5.91 Å². The Morgan fingerprint density at radius 2 is 1.77 bits per heavy atom. The lowest BCUT2D eigenvalue weighted by Gasteiger charge is -2.30. The van der Waals surface area contributed by atoms with Gasteiger partial charge in [0.1, 0.15) is 0 Å². The monoisotopic (exact) mass is 356 g/mol. The van der Waals surface area contributed by atoms with E-state index in [0.717, 1.165) is 31.2 Å². The number of hydrogen-bond acceptors (Lipinski definition) is 3. The summed E-state index contributed by atoms with van der Waals surface area (Å²) in [7, 11) is 0. The van der Waals surface area contributed by atoms with E-state index in [4.69, 9.17) is 5.73 Å². The zero-order valence-corrected chi connectivity index (χ0v) is 14.7. The second kappa shape index (κ2) is 6.63. The number of aromatic amines is 1. The molecule has 3 N–H and O–H groups in total. The maximum absolute atomic E-state index is 12.8. The predicted octanol–water partition coefficient (Wildman–Crippen LogP) is 1.78. The molecule has 1 saturated heterocycles. The van der Waals surface area contributed by atoms with Crippen LogP contribution < -0.4 is 11.4 Å². The number of aromatic nitrogens is 2. The Kier molecular flexibility index (Phi) is 4.30. The van der Waals surface area contributed by atoms with Crippen molar-refractivity contribution in [2.24, 2.45) is 11.7 Å². The van der Waals surface area contributed by atoms with E-state index in [1.807, 2.05) is 10.6 Å². The molecule has 2 fully saturated rings. The number of primary amides is 1.